The highest BCUT2D eigenvalue weighted by atomic mass is 127. The molecule has 0 amide bonds. The van der Waals surface area contributed by atoms with E-state index >= 15 is 0 Å². The number of hydrogen-bond acceptors (Lipinski definition) is 2. The summed E-state index contributed by atoms with van der Waals surface area (Å²) >= 11 is 0. The lowest BCUT2D eigenvalue weighted by Gasteiger charge is -2.18. The quantitative estimate of drug-likeness (QED) is 0.203. The van der Waals surface area contributed by atoms with Gasteiger partial charge in [0.1, 0.15) is 0 Å². The van der Waals surface area contributed by atoms with Crippen molar-refractivity contribution < 1.29 is 0 Å². The molecular weight excluding hydrogens is 387 g/mol. The third kappa shape index (κ3) is 14.9. The zero-order chi connectivity index (χ0) is 15.8. The average Bonchev–Trinajstić information content (AvgIpc) is 2.50. The molecule has 0 aliphatic rings. The largest absolute Gasteiger partial charge is 0.357 e. The number of rotatable bonds is 13. The molecule has 0 saturated heterocycles. The van der Waals surface area contributed by atoms with Gasteiger partial charge in [-0.15, -0.1) is 24.0 Å². The zero-order valence-electron chi connectivity index (χ0n) is 15.3. The van der Waals surface area contributed by atoms with Gasteiger partial charge < -0.3 is 15.5 Å². The normalized spacial score (nSPS) is 11.4. The summed E-state index contributed by atoms with van der Waals surface area (Å²) in [7, 11) is 0. The fourth-order valence-electron chi connectivity index (χ4n) is 2.28. The number of aliphatic imine (C=N–C) groups is 1. The monoisotopic (exact) mass is 426 g/mol. The Balaban J connectivity index is 0. The molecule has 0 aromatic carbocycles. The van der Waals surface area contributed by atoms with E-state index in [0.29, 0.717) is 0 Å². The van der Waals surface area contributed by atoms with E-state index in [1.807, 2.05) is 0 Å². The summed E-state index contributed by atoms with van der Waals surface area (Å²) in [5.74, 6) is 0.983. The highest BCUT2D eigenvalue weighted by molar-refractivity contribution is 14.0. The molecule has 0 radical (unpaired) electrons. The van der Waals surface area contributed by atoms with Gasteiger partial charge in [-0.1, -0.05) is 40.0 Å². The average molecular weight is 426 g/mol. The number of halogens is 1. The summed E-state index contributed by atoms with van der Waals surface area (Å²) in [6.45, 7) is 15.2. The van der Waals surface area contributed by atoms with Crippen LogP contribution in [0.15, 0.2) is 4.99 Å². The van der Waals surface area contributed by atoms with Gasteiger partial charge in [0.15, 0.2) is 5.96 Å². The first-order valence-corrected chi connectivity index (χ1v) is 9.02. The second-order valence-corrected chi connectivity index (χ2v) is 5.48. The van der Waals surface area contributed by atoms with Crippen molar-refractivity contribution >= 4 is 29.9 Å². The molecule has 2 N–H and O–H groups in total. The number of nitrogens with one attached hydrogen (secondary N) is 2. The van der Waals surface area contributed by atoms with Crippen LogP contribution in [0.1, 0.15) is 66.2 Å². The summed E-state index contributed by atoms with van der Waals surface area (Å²) in [6, 6.07) is 0. The number of hydrogen-bond donors (Lipinski definition) is 2. The Hall–Kier alpha value is -0.0400. The van der Waals surface area contributed by atoms with Gasteiger partial charge in [-0.25, -0.2) is 0 Å². The van der Waals surface area contributed by atoms with E-state index in [1.54, 1.807) is 0 Å². The van der Waals surface area contributed by atoms with Crippen LogP contribution in [0.3, 0.4) is 0 Å². The Kier molecular flexibility index (Phi) is 20.9. The van der Waals surface area contributed by atoms with E-state index in [4.69, 9.17) is 0 Å². The summed E-state index contributed by atoms with van der Waals surface area (Å²) in [5.41, 5.74) is 0. The van der Waals surface area contributed by atoms with E-state index in [-0.39, 0.29) is 24.0 Å². The molecule has 0 unspecified atom stereocenters. The highest BCUT2D eigenvalue weighted by Crippen LogP contribution is 1.98. The van der Waals surface area contributed by atoms with Gasteiger partial charge in [0.05, 0.1) is 0 Å². The van der Waals surface area contributed by atoms with Crippen LogP contribution < -0.4 is 10.6 Å². The maximum atomic E-state index is 4.63. The molecule has 4 nitrogen and oxygen atoms in total. The van der Waals surface area contributed by atoms with Crippen molar-refractivity contribution in [2.75, 3.05) is 39.3 Å². The number of unbranched alkanes of at least 4 members (excludes halogenated alkanes) is 4. The van der Waals surface area contributed by atoms with Crippen LogP contribution in [0.4, 0.5) is 0 Å². The summed E-state index contributed by atoms with van der Waals surface area (Å²) in [5, 5.41) is 6.77. The lowest BCUT2D eigenvalue weighted by Crippen LogP contribution is -2.38. The molecule has 5 heteroatoms. The molecule has 0 aliphatic carbocycles. The van der Waals surface area contributed by atoms with Gasteiger partial charge >= 0.3 is 0 Å². The summed E-state index contributed by atoms with van der Waals surface area (Å²) < 4.78 is 0. The number of nitrogens with zero attached hydrogens (tertiary/aromatic N) is 2. The van der Waals surface area contributed by atoms with Crippen LogP contribution in [0, 0.1) is 0 Å². The zero-order valence-corrected chi connectivity index (χ0v) is 17.6. The van der Waals surface area contributed by atoms with E-state index in [1.165, 1.54) is 45.1 Å². The molecule has 0 aromatic heterocycles. The molecule has 0 heterocycles. The van der Waals surface area contributed by atoms with E-state index < -0.39 is 0 Å². The minimum Gasteiger partial charge on any atom is -0.357 e. The van der Waals surface area contributed by atoms with Crippen molar-refractivity contribution in [1.29, 1.82) is 0 Å². The third-order valence-electron chi connectivity index (χ3n) is 3.71. The summed E-state index contributed by atoms with van der Waals surface area (Å²) in [6.07, 6.45) is 7.57. The first-order valence-electron chi connectivity index (χ1n) is 9.02. The third-order valence-corrected chi connectivity index (χ3v) is 3.71. The fourth-order valence-corrected chi connectivity index (χ4v) is 2.28. The topological polar surface area (TPSA) is 39.7 Å². The molecular formula is C17H39IN4. The smallest absolute Gasteiger partial charge is 0.191 e. The molecule has 0 bridgehead atoms. The van der Waals surface area contributed by atoms with Crippen molar-refractivity contribution in [3.8, 4) is 0 Å². The predicted octanol–water partition coefficient (Wildman–Crippen LogP) is 3.86. The van der Waals surface area contributed by atoms with E-state index in [2.05, 4.69) is 48.2 Å². The Morgan fingerprint density at radius 3 is 2.18 bits per heavy atom. The van der Waals surface area contributed by atoms with Crippen molar-refractivity contribution in [2.45, 2.75) is 66.2 Å². The molecule has 0 saturated carbocycles. The second kappa shape index (κ2) is 19.0. The minimum absolute atomic E-state index is 0. The van der Waals surface area contributed by atoms with Crippen LogP contribution >= 0.6 is 24.0 Å². The van der Waals surface area contributed by atoms with Crippen LogP contribution in [0.5, 0.6) is 0 Å². The molecule has 134 valence electrons. The van der Waals surface area contributed by atoms with Crippen molar-refractivity contribution in [3.63, 3.8) is 0 Å². The van der Waals surface area contributed by atoms with Gasteiger partial charge in [-0.2, -0.15) is 0 Å². The molecule has 0 rings (SSSR count). The summed E-state index contributed by atoms with van der Waals surface area (Å²) in [4.78, 5) is 7.11. The lowest BCUT2D eigenvalue weighted by atomic mass is 10.2. The second-order valence-electron chi connectivity index (χ2n) is 5.48. The minimum atomic E-state index is 0. The Morgan fingerprint density at radius 1 is 0.864 bits per heavy atom. The molecule has 0 fully saturated rings. The fraction of sp³-hybridized carbons (Fsp3) is 0.941. The lowest BCUT2D eigenvalue weighted by molar-refractivity contribution is 0.297. The van der Waals surface area contributed by atoms with Gasteiger partial charge in [-0.05, 0) is 45.8 Å². The Labute approximate surface area is 155 Å². The van der Waals surface area contributed by atoms with Gasteiger partial charge in [0, 0.05) is 19.6 Å². The Morgan fingerprint density at radius 2 is 1.59 bits per heavy atom. The molecule has 0 aliphatic heterocycles. The Bertz CT molecular complexity index is 243. The maximum absolute atomic E-state index is 4.63. The van der Waals surface area contributed by atoms with Gasteiger partial charge in [0.25, 0.3) is 0 Å². The predicted molar refractivity (Wildman–Crippen MR) is 111 cm³/mol. The van der Waals surface area contributed by atoms with Crippen LogP contribution in [-0.4, -0.2) is 50.1 Å². The standard InChI is InChI=1S/C17H38N4.HI/c1-5-9-10-11-14-19-17(18-6-2)20-15-12-13-16-21(7-3)8-4;/h5-16H2,1-4H3,(H2,18,19,20);1H. The maximum Gasteiger partial charge on any atom is 0.191 e. The SMILES string of the molecule is CCCCCCN=C(NCC)NCCCCN(CC)CC.I. The molecule has 22 heavy (non-hydrogen) atoms. The van der Waals surface area contributed by atoms with Crippen LogP contribution in [-0.2, 0) is 0 Å². The van der Waals surface area contributed by atoms with Crippen molar-refractivity contribution in [1.82, 2.24) is 15.5 Å². The highest BCUT2D eigenvalue weighted by Gasteiger charge is 1.99. The van der Waals surface area contributed by atoms with Crippen molar-refractivity contribution in [2.24, 2.45) is 4.99 Å². The molecule has 0 spiro atoms. The first kappa shape index (κ1) is 24.2. The number of guanidine groups is 1. The van der Waals surface area contributed by atoms with Crippen molar-refractivity contribution in [3.05, 3.63) is 0 Å². The first-order chi connectivity index (χ1) is 10.3. The van der Waals surface area contributed by atoms with E-state index in [9.17, 15) is 0 Å². The van der Waals surface area contributed by atoms with E-state index in [0.717, 1.165) is 38.7 Å². The van der Waals surface area contributed by atoms with Gasteiger partial charge in [-0.3, -0.25) is 4.99 Å². The van der Waals surface area contributed by atoms with Gasteiger partial charge in [0.2, 0.25) is 0 Å². The van der Waals surface area contributed by atoms with Crippen LogP contribution in [0.25, 0.3) is 0 Å². The molecule has 0 aromatic rings. The molecule has 0 atom stereocenters. The van der Waals surface area contributed by atoms with Crippen LogP contribution in [0.2, 0.25) is 0 Å².